The summed E-state index contributed by atoms with van der Waals surface area (Å²) in [7, 11) is 0. The number of rotatable bonds is 6. The summed E-state index contributed by atoms with van der Waals surface area (Å²) in [6.45, 7) is 0. The largest absolute Gasteiger partial charge is 0.339 e. The quantitative estimate of drug-likeness (QED) is 0.451. The van der Waals surface area contributed by atoms with Gasteiger partial charge in [0.2, 0.25) is 0 Å². The van der Waals surface area contributed by atoms with Gasteiger partial charge in [0, 0.05) is 12.1 Å². The minimum Gasteiger partial charge on any atom is -0.247 e. The van der Waals surface area contributed by atoms with E-state index >= 15 is 0 Å². The molecule has 2 amide bonds. The van der Waals surface area contributed by atoms with Crippen LogP contribution < -0.4 is 20.6 Å². The van der Waals surface area contributed by atoms with E-state index in [2.05, 4.69) is 30.8 Å². The number of nitrogens with zero attached hydrogens (tertiary/aromatic N) is 2. The Morgan fingerprint density at radius 1 is 0.562 bits per heavy atom. The van der Waals surface area contributed by atoms with Gasteiger partial charge in [-0.05, 0) is 60.7 Å². The molecule has 0 radical (unpaired) electrons. The molecule has 8 heteroatoms. The van der Waals surface area contributed by atoms with Crippen LogP contribution in [0.4, 0.5) is 23.0 Å². The van der Waals surface area contributed by atoms with Gasteiger partial charge in [-0.25, -0.2) is 30.2 Å². The zero-order chi connectivity index (χ0) is 22.2. The predicted molar refractivity (Wildman–Crippen MR) is 119 cm³/mol. The van der Waals surface area contributed by atoms with Crippen molar-refractivity contribution in [1.29, 1.82) is 0 Å². The maximum atomic E-state index is 12.3. The zero-order valence-corrected chi connectivity index (χ0v) is 16.9. The first kappa shape index (κ1) is 20.5. The molecule has 0 spiro atoms. The number of hydrogen-bond acceptors (Lipinski definition) is 4. The van der Waals surface area contributed by atoms with E-state index in [0.717, 1.165) is 0 Å². The van der Waals surface area contributed by atoms with E-state index in [1.807, 2.05) is 24.3 Å². The first-order valence-corrected chi connectivity index (χ1v) is 9.85. The number of azo groups is 1. The molecule has 0 fully saturated rings. The molecule has 0 aliphatic rings. The maximum absolute atomic E-state index is 12.3. The van der Waals surface area contributed by atoms with Gasteiger partial charge in [-0.3, -0.25) is 0 Å². The summed E-state index contributed by atoms with van der Waals surface area (Å²) >= 11 is 0. The lowest BCUT2D eigenvalue weighted by molar-refractivity contribution is -0.361. The molecule has 0 aliphatic heterocycles. The van der Waals surface area contributed by atoms with E-state index in [-0.39, 0.29) is 11.8 Å². The highest BCUT2D eigenvalue weighted by Crippen LogP contribution is 2.20. The predicted octanol–water partition coefficient (Wildman–Crippen LogP) is 4.23. The third-order valence-corrected chi connectivity index (χ3v) is 4.45. The van der Waals surface area contributed by atoms with Crippen molar-refractivity contribution in [3.63, 3.8) is 0 Å². The fourth-order valence-corrected chi connectivity index (χ4v) is 2.81. The SMILES string of the molecule is O=C(Nc1cccc[nH+]1)c1ccc(N=Nc2ccc(C(=O)Nc3cccc[nH+]3)cc2)cc1. The van der Waals surface area contributed by atoms with E-state index in [9.17, 15) is 9.59 Å². The van der Waals surface area contributed by atoms with Crippen LogP contribution in [0, 0.1) is 0 Å². The summed E-state index contributed by atoms with van der Waals surface area (Å²) in [5, 5.41) is 13.9. The van der Waals surface area contributed by atoms with Gasteiger partial charge in [-0.15, -0.1) is 0 Å². The fraction of sp³-hybridized carbons (Fsp3) is 0. The number of aromatic nitrogens is 2. The molecule has 2 aromatic heterocycles. The van der Waals surface area contributed by atoms with Gasteiger partial charge in [-0.2, -0.15) is 10.2 Å². The highest BCUT2D eigenvalue weighted by atomic mass is 16.2. The number of nitrogens with one attached hydrogen (secondary N) is 4. The van der Waals surface area contributed by atoms with E-state index < -0.39 is 0 Å². The fourth-order valence-electron chi connectivity index (χ4n) is 2.81. The van der Waals surface area contributed by atoms with Crippen molar-refractivity contribution in [2.24, 2.45) is 10.2 Å². The summed E-state index contributed by atoms with van der Waals surface area (Å²) in [5.74, 6) is 0.774. The van der Waals surface area contributed by atoms with Gasteiger partial charge in [0.1, 0.15) is 0 Å². The second-order valence-corrected chi connectivity index (χ2v) is 6.75. The third-order valence-electron chi connectivity index (χ3n) is 4.45. The van der Waals surface area contributed by atoms with E-state index in [1.54, 1.807) is 73.1 Å². The Balaban J connectivity index is 1.35. The lowest BCUT2D eigenvalue weighted by Crippen LogP contribution is -2.18. The second-order valence-electron chi connectivity index (χ2n) is 6.75. The molecule has 0 aliphatic carbocycles. The van der Waals surface area contributed by atoms with E-state index in [1.165, 1.54) is 0 Å². The molecule has 156 valence electrons. The maximum Gasteiger partial charge on any atom is 0.339 e. The van der Waals surface area contributed by atoms with Crippen LogP contribution in [0.5, 0.6) is 0 Å². The van der Waals surface area contributed by atoms with Gasteiger partial charge < -0.3 is 0 Å². The van der Waals surface area contributed by atoms with Crippen LogP contribution in [0.25, 0.3) is 0 Å². The number of anilines is 2. The second kappa shape index (κ2) is 9.86. The third kappa shape index (κ3) is 5.45. The number of carbonyl (C=O) groups excluding carboxylic acids is 2. The number of benzene rings is 2. The average molecular weight is 424 g/mol. The molecular weight excluding hydrogens is 404 g/mol. The number of pyridine rings is 2. The van der Waals surface area contributed by atoms with Crippen LogP contribution in [-0.4, -0.2) is 11.8 Å². The molecular formula is C24H20N6O2+2. The lowest BCUT2D eigenvalue weighted by atomic mass is 10.2. The topological polar surface area (TPSA) is 111 Å². The average Bonchev–Trinajstić information content (AvgIpc) is 2.84. The summed E-state index contributed by atoms with van der Waals surface area (Å²) < 4.78 is 0. The Morgan fingerprint density at radius 3 is 1.31 bits per heavy atom. The standard InChI is InChI=1S/C24H18N6O2/c31-23(27-21-5-1-3-15-25-21)17-7-11-19(12-8-17)29-30-20-13-9-18(10-14-20)24(32)28-22-6-2-4-16-26-22/h1-16H,(H,25,27,31)(H,26,28,32)/p+2. The van der Waals surface area contributed by atoms with Gasteiger partial charge in [0.15, 0.2) is 0 Å². The normalized spacial score (nSPS) is 10.6. The van der Waals surface area contributed by atoms with Gasteiger partial charge in [0.25, 0.3) is 11.6 Å². The molecule has 0 atom stereocenters. The number of carbonyl (C=O) groups is 2. The minimum absolute atomic E-state index is 0.224. The smallest absolute Gasteiger partial charge is 0.247 e. The summed E-state index contributed by atoms with van der Waals surface area (Å²) in [5.41, 5.74) is 2.22. The molecule has 0 saturated carbocycles. The van der Waals surface area contributed by atoms with Crippen LogP contribution in [0.1, 0.15) is 20.7 Å². The Kier molecular flexibility index (Phi) is 6.33. The zero-order valence-electron chi connectivity index (χ0n) is 16.9. The Labute approximate surface area is 184 Å². The number of H-pyrrole nitrogens is 2. The minimum atomic E-state index is -0.224. The molecule has 0 unspecified atom stereocenters. The first-order chi connectivity index (χ1) is 15.7. The molecule has 8 nitrogen and oxygen atoms in total. The van der Waals surface area contributed by atoms with E-state index in [4.69, 9.17) is 0 Å². The Hall–Kier alpha value is -4.72. The number of hydrogen-bond donors (Lipinski definition) is 2. The monoisotopic (exact) mass is 424 g/mol. The van der Waals surface area contributed by atoms with Crippen LogP contribution in [-0.2, 0) is 0 Å². The van der Waals surface area contributed by atoms with Crippen LogP contribution in [0.3, 0.4) is 0 Å². The van der Waals surface area contributed by atoms with Crippen molar-refractivity contribution in [2.75, 3.05) is 10.6 Å². The van der Waals surface area contributed by atoms with Crippen molar-refractivity contribution in [1.82, 2.24) is 0 Å². The highest BCUT2D eigenvalue weighted by Gasteiger charge is 2.13. The van der Waals surface area contributed by atoms with Crippen LogP contribution in [0.2, 0.25) is 0 Å². The molecule has 2 aromatic carbocycles. The van der Waals surface area contributed by atoms with Crippen molar-refractivity contribution in [3.8, 4) is 0 Å². The van der Waals surface area contributed by atoms with Crippen molar-refractivity contribution >= 4 is 34.8 Å². The van der Waals surface area contributed by atoms with Crippen molar-refractivity contribution < 1.29 is 19.6 Å². The van der Waals surface area contributed by atoms with Gasteiger partial charge >= 0.3 is 11.8 Å². The Morgan fingerprint density at radius 2 is 0.969 bits per heavy atom. The molecule has 0 saturated heterocycles. The molecule has 4 rings (SSSR count). The Bertz CT molecular complexity index is 1130. The number of amides is 2. The van der Waals surface area contributed by atoms with Crippen molar-refractivity contribution in [2.45, 2.75) is 0 Å². The lowest BCUT2D eigenvalue weighted by Gasteiger charge is -2.00. The number of aromatic amines is 2. The molecule has 0 bridgehead atoms. The van der Waals surface area contributed by atoms with Crippen molar-refractivity contribution in [3.05, 3.63) is 108 Å². The van der Waals surface area contributed by atoms with Gasteiger partial charge in [-0.1, -0.05) is 12.1 Å². The highest BCUT2D eigenvalue weighted by molar-refractivity contribution is 6.04. The van der Waals surface area contributed by atoms with Gasteiger partial charge in [0.05, 0.1) is 34.9 Å². The van der Waals surface area contributed by atoms with E-state index in [0.29, 0.717) is 34.1 Å². The summed E-state index contributed by atoms with van der Waals surface area (Å²) in [4.78, 5) is 30.5. The first-order valence-electron chi connectivity index (χ1n) is 9.85. The molecule has 2 heterocycles. The molecule has 4 aromatic rings. The molecule has 32 heavy (non-hydrogen) atoms. The summed E-state index contributed by atoms with van der Waals surface area (Å²) in [6, 6.07) is 24.5. The molecule has 4 N–H and O–H groups in total. The summed E-state index contributed by atoms with van der Waals surface area (Å²) in [6.07, 6.45) is 3.47. The van der Waals surface area contributed by atoms with Crippen LogP contribution in [0.15, 0.2) is 108 Å². The van der Waals surface area contributed by atoms with Crippen LogP contribution >= 0.6 is 0 Å².